The van der Waals surface area contributed by atoms with Crippen LogP contribution in [0.25, 0.3) is 5.82 Å². The number of methoxy groups -OCH3 is 1. The number of nitrogens with one attached hydrogen (secondary N) is 1. The second kappa shape index (κ2) is 8.47. The van der Waals surface area contributed by atoms with E-state index in [4.69, 9.17) is 4.74 Å². The van der Waals surface area contributed by atoms with Crippen molar-refractivity contribution in [2.45, 2.75) is 20.3 Å². The first-order chi connectivity index (χ1) is 13.5. The lowest BCUT2D eigenvalue weighted by molar-refractivity contribution is 0.0596. The molecule has 28 heavy (non-hydrogen) atoms. The molecule has 3 rings (SSSR count). The van der Waals surface area contributed by atoms with Crippen molar-refractivity contribution in [3.8, 4) is 5.82 Å². The molecule has 0 fully saturated rings. The van der Waals surface area contributed by atoms with Crippen LogP contribution < -0.4 is 5.32 Å². The number of aromatic nitrogens is 3. The summed E-state index contributed by atoms with van der Waals surface area (Å²) < 4.78 is 6.55. The lowest BCUT2D eigenvalue weighted by Gasteiger charge is -2.09. The van der Waals surface area contributed by atoms with Crippen LogP contribution in [0.5, 0.6) is 0 Å². The minimum Gasteiger partial charge on any atom is -0.465 e. The lowest BCUT2D eigenvalue weighted by atomic mass is 10.1. The van der Waals surface area contributed by atoms with Gasteiger partial charge in [0.15, 0.2) is 5.82 Å². The average molecular weight is 378 g/mol. The molecule has 2 heterocycles. The molecule has 0 saturated carbocycles. The zero-order chi connectivity index (χ0) is 20.1. The number of carbonyl (C=O) groups excluding carboxylic acids is 2. The Morgan fingerprint density at radius 1 is 1.07 bits per heavy atom. The first kappa shape index (κ1) is 19.3. The smallest absolute Gasteiger partial charge is 0.338 e. The van der Waals surface area contributed by atoms with Gasteiger partial charge in [-0.15, -0.1) is 0 Å². The number of hydrogen-bond acceptors (Lipinski definition) is 5. The molecule has 0 spiro atoms. The van der Waals surface area contributed by atoms with Gasteiger partial charge in [-0.2, -0.15) is 5.10 Å². The maximum Gasteiger partial charge on any atom is 0.338 e. The number of amides is 1. The summed E-state index contributed by atoms with van der Waals surface area (Å²) in [4.78, 5) is 28.7. The molecule has 0 unspecified atom stereocenters. The Hall–Kier alpha value is -3.48. The van der Waals surface area contributed by atoms with Crippen molar-refractivity contribution in [2.75, 3.05) is 13.7 Å². The minimum absolute atomic E-state index is 0.248. The highest BCUT2D eigenvalue weighted by Gasteiger charge is 2.18. The SMILES string of the molecule is COC(=O)c1ccccc1C(=O)NCCc1c(C)nn(-c2ccccn2)c1C. The maximum absolute atomic E-state index is 12.5. The Bertz CT molecular complexity index is 996. The van der Waals surface area contributed by atoms with Crippen LogP contribution in [0.1, 0.15) is 37.7 Å². The van der Waals surface area contributed by atoms with Gasteiger partial charge < -0.3 is 10.1 Å². The van der Waals surface area contributed by atoms with E-state index in [-0.39, 0.29) is 11.5 Å². The van der Waals surface area contributed by atoms with E-state index in [0.29, 0.717) is 18.5 Å². The highest BCUT2D eigenvalue weighted by Crippen LogP contribution is 2.17. The summed E-state index contributed by atoms with van der Waals surface area (Å²) in [5.74, 6) is -0.0899. The number of benzene rings is 1. The normalized spacial score (nSPS) is 10.5. The third-order valence-corrected chi connectivity index (χ3v) is 4.55. The third kappa shape index (κ3) is 3.93. The van der Waals surface area contributed by atoms with Gasteiger partial charge in [0.1, 0.15) is 0 Å². The van der Waals surface area contributed by atoms with Crippen LogP contribution in [-0.4, -0.2) is 40.3 Å². The number of hydrogen-bond donors (Lipinski definition) is 1. The summed E-state index contributed by atoms with van der Waals surface area (Å²) >= 11 is 0. The van der Waals surface area contributed by atoms with Gasteiger partial charge in [0.05, 0.1) is 23.9 Å². The monoisotopic (exact) mass is 378 g/mol. The van der Waals surface area contributed by atoms with Crippen molar-refractivity contribution in [3.05, 3.63) is 76.7 Å². The van der Waals surface area contributed by atoms with Crippen molar-refractivity contribution in [3.63, 3.8) is 0 Å². The fourth-order valence-corrected chi connectivity index (χ4v) is 3.10. The highest BCUT2D eigenvalue weighted by atomic mass is 16.5. The van der Waals surface area contributed by atoms with Crippen LogP contribution in [0, 0.1) is 13.8 Å². The molecule has 0 bridgehead atoms. The topological polar surface area (TPSA) is 86.1 Å². The summed E-state index contributed by atoms with van der Waals surface area (Å²) in [6.07, 6.45) is 2.35. The van der Waals surface area contributed by atoms with Gasteiger partial charge >= 0.3 is 5.97 Å². The van der Waals surface area contributed by atoms with Crippen molar-refractivity contribution in [1.82, 2.24) is 20.1 Å². The Morgan fingerprint density at radius 3 is 2.46 bits per heavy atom. The van der Waals surface area contributed by atoms with Crippen molar-refractivity contribution in [2.24, 2.45) is 0 Å². The zero-order valence-electron chi connectivity index (χ0n) is 16.1. The van der Waals surface area contributed by atoms with Crippen LogP contribution in [0.3, 0.4) is 0 Å². The quantitative estimate of drug-likeness (QED) is 0.667. The summed E-state index contributed by atoms with van der Waals surface area (Å²) in [6, 6.07) is 12.3. The van der Waals surface area contributed by atoms with Crippen LogP contribution in [-0.2, 0) is 11.2 Å². The van der Waals surface area contributed by atoms with E-state index in [2.05, 4.69) is 15.4 Å². The van der Waals surface area contributed by atoms with Crippen LogP contribution in [0.4, 0.5) is 0 Å². The van der Waals surface area contributed by atoms with Crippen LogP contribution in [0.2, 0.25) is 0 Å². The molecule has 3 aromatic rings. The fraction of sp³-hybridized carbons (Fsp3) is 0.238. The standard InChI is InChI=1S/C21H22N4O3/c1-14-16(15(2)25(24-14)19-10-6-7-12-22-19)11-13-23-20(26)17-8-4-5-9-18(17)21(27)28-3/h4-10,12H,11,13H2,1-3H3,(H,23,26). The van der Waals surface area contributed by atoms with Gasteiger partial charge in [-0.05, 0) is 50.1 Å². The highest BCUT2D eigenvalue weighted by molar-refractivity contribution is 6.05. The number of nitrogens with zero attached hydrogens (tertiary/aromatic N) is 3. The van der Waals surface area contributed by atoms with E-state index >= 15 is 0 Å². The van der Waals surface area contributed by atoms with E-state index < -0.39 is 5.97 Å². The van der Waals surface area contributed by atoms with E-state index in [1.807, 2.05) is 32.0 Å². The summed E-state index contributed by atoms with van der Waals surface area (Å²) in [7, 11) is 1.29. The van der Waals surface area contributed by atoms with Gasteiger partial charge in [0.2, 0.25) is 0 Å². The average Bonchev–Trinajstić information content (AvgIpc) is 3.02. The molecule has 0 aliphatic rings. The number of esters is 1. The first-order valence-corrected chi connectivity index (χ1v) is 8.95. The molecule has 144 valence electrons. The van der Waals surface area contributed by atoms with Crippen molar-refractivity contribution < 1.29 is 14.3 Å². The van der Waals surface area contributed by atoms with E-state index in [1.165, 1.54) is 7.11 Å². The molecule has 1 amide bonds. The molecule has 1 N–H and O–H groups in total. The molecule has 0 aliphatic carbocycles. The van der Waals surface area contributed by atoms with E-state index in [0.717, 1.165) is 22.8 Å². The molecule has 0 aliphatic heterocycles. The summed E-state index contributed by atoms with van der Waals surface area (Å²) in [5, 5.41) is 7.44. The minimum atomic E-state index is -0.533. The van der Waals surface area contributed by atoms with Crippen LogP contribution >= 0.6 is 0 Å². The number of pyridine rings is 1. The Morgan fingerprint density at radius 2 is 1.79 bits per heavy atom. The van der Waals surface area contributed by atoms with Gasteiger partial charge in [-0.1, -0.05) is 18.2 Å². The Balaban J connectivity index is 1.70. The molecular formula is C21H22N4O3. The number of rotatable bonds is 6. The molecule has 1 aromatic carbocycles. The molecular weight excluding hydrogens is 356 g/mol. The predicted octanol–water partition coefficient (Wildman–Crippen LogP) is 2.64. The Labute approximate surface area is 163 Å². The predicted molar refractivity (Wildman–Crippen MR) is 105 cm³/mol. The molecule has 2 aromatic heterocycles. The lowest BCUT2D eigenvalue weighted by Crippen LogP contribution is -2.27. The maximum atomic E-state index is 12.5. The summed E-state index contributed by atoms with van der Waals surface area (Å²) in [5.41, 5.74) is 3.49. The number of carbonyl (C=O) groups is 2. The largest absolute Gasteiger partial charge is 0.465 e. The van der Waals surface area contributed by atoms with Gasteiger partial charge in [0.25, 0.3) is 5.91 Å². The number of aryl methyl sites for hydroxylation is 1. The van der Waals surface area contributed by atoms with Gasteiger partial charge in [0, 0.05) is 18.4 Å². The van der Waals surface area contributed by atoms with Crippen molar-refractivity contribution >= 4 is 11.9 Å². The molecule has 0 saturated heterocycles. The van der Waals surface area contributed by atoms with E-state index in [9.17, 15) is 9.59 Å². The molecule has 7 nitrogen and oxygen atoms in total. The van der Waals surface area contributed by atoms with Crippen LogP contribution in [0.15, 0.2) is 48.7 Å². The van der Waals surface area contributed by atoms with Gasteiger partial charge in [-0.3, -0.25) is 4.79 Å². The first-order valence-electron chi connectivity index (χ1n) is 8.95. The Kier molecular flexibility index (Phi) is 5.84. The second-order valence-corrected chi connectivity index (χ2v) is 6.29. The molecule has 7 heteroatoms. The second-order valence-electron chi connectivity index (χ2n) is 6.29. The van der Waals surface area contributed by atoms with E-state index in [1.54, 1.807) is 35.1 Å². The third-order valence-electron chi connectivity index (χ3n) is 4.55. The molecule has 0 radical (unpaired) electrons. The van der Waals surface area contributed by atoms with Crippen molar-refractivity contribution in [1.29, 1.82) is 0 Å². The number of ether oxygens (including phenoxy) is 1. The zero-order valence-corrected chi connectivity index (χ0v) is 16.1. The molecule has 0 atom stereocenters. The summed E-state index contributed by atoms with van der Waals surface area (Å²) in [6.45, 7) is 4.35. The van der Waals surface area contributed by atoms with Gasteiger partial charge in [-0.25, -0.2) is 14.5 Å². The fourth-order valence-electron chi connectivity index (χ4n) is 3.10.